The SMILES string of the molecule is CC(C)(C)C#N.CC(C)(C)c1ccc2c(c1)c1cc(C(C)(C)C)ccc1n2C(C)(C)C.[2H]C(C)(C)C(C)(C)C.[2H]C([2H])(C)C(C)(C)C.[2H]C([2H])(C)C([2H])([2H])C(C)(C)C. The van der Waals surface area contributed by atoms with Gasteiger partial charge in [0, 0.05) is 42.4 Å². The fourth-order valence-corrected chi connectivity index (χ4v) is 4.05. The minimum atomic E-state index is -1.79. The molecule has 1 heterocycles. The van der Waals surface area contributed by atoms with Gasteiger partial charge in [-0.2, -0.15) is 5.26 Å². The summed E-state index contributed by atoms with van der Waals surface area (Å²) in [6.07, 6.45) is -4.64. The number of aromatic nitrogens is 1. The highest BCUT2D eigenvalue weighted by molar-refractivity contribution is 6.09. The largest absolute Gasteiger partial charge is 0.335 e. The van der Waals surface area contributed by atoms with E-state index in [0.29, 0.717) is 0 Å². The van der Waals surface area contributed by atoms with Gasteiger partial charge in [-0.05, 0) is 116 Å². The Morgan fingerprint density at radius 2 is 0.922 bits per heavy atom. The lowest BCUT2D eigenvalue weighted by atomic mass is 9.84. The molecule has 0 fully saturated rings. The van der Waals surface area contributed by atoms with E-state index in [2.05, 4.69) is 130 Å². The minimum absolute atomic E-state index is 0.0481. The van der Waals surface area contributed by atoms with Gasteiger partial charge in [-0.25, -0.2) is 0 Å². The molecule has 2 aromatic carbocycles. The molecular weight excluding hydrogens is 617 g/mol. The molecule has 2 nitrogen and oxygen atoms in total. The van der Waals surface area contributed by atoms with Crippen molar-refractivity contribution in [2.24, 2.45) is 27.6 Å². The molecule has 0 saturated carbocycles. The maximum Gasteiger partial charge on any atom is 0.0680 e. The number of hydrogen-bond donors (Lipinski definition) is 0. The van der Waals surface area contributed by atoms with Crippen molar-refractivity contribution in [3.8, 4) is 6.07 Å². The van der Waals surface area contributed by atoms with E-state index in [1.54, 1.807) is 27.7 Å². The third-order valence-corrected chi connectivity index (χ3v) is 8.25. The second kappa shape index (κ2) is 19.2. The van der Waals surface area contributed by atoms with Crippen molar-refractivity contribution in [1.29, 1.82) is 5.26 Å². The molecule has 51 heavy (non-hydrogen) atoms. The lowest BCUT2D eigenvalue weighted by Gasteiger charge is -2.25. The van der Waals surface area contributed by atoms with Crippen molar-refractivity contribution >= 4 is 21.8 Å². The van der Waals surface area contributed by atoms with Crippen LogP contribution in [-0.2, 0) is 16.4 Å². The first kappa shape index (κ1) is 38.5. The molecule has 0 atom stereocenters. The summed E-state index contributed by atoms with van der Waals surface area (Å²) >= 11 is 0. The molecule has 0 aliphatic carbocycles. The van der Waals surface area contributed by atoms with Gasteiger partial charge in [-0.3, -0.25) is 0 Å². The number of nitrogens with zero attached hydrogens (tertiary/aromatic N) is 2. The molecule has 0 aliphatic rings. The van der Waals surface area contributed by atoms with E-state index in [0.717, 1.165) is 0 Å². The van der Waals surface area contributed by atoms with Gasteiger partial charge in [-0.1, -0.05) is 156 Å². The summed E-state index contributed by atoms with van der Waals surface area (Å²) in [7, 11) is 0. The predicted molar refractivity (Wildman–Crippen MR) is 235 cm³/mol. The van der Waals surface area contributed by atoms with E-state index >= 15 is 0 Å². The maximum atomic E-state index is 8.15. The molecule has 2 heteroatoms. The molecule has 0 saturated heterocycles. The zero-order chi connectivity index (χ0) is 47.5. The fraction of sp³-hybridized carbons (Fsp3) is 0.735. The van der Waals surface area contributed by atoms with Crippen molar-refractivity contribution in [2.75, 3.05) is 0 Å². The maximum absolute atomic E-state index is 8.15. The number of fused-ring (bicyclic) bond motifs is 3. The van der Waals surface area contributed by atoms with Crippen LogP contribution in [0.2, 0.25) is 0 Å². The van der Waals surface area contributed by atoms with Crippen molar-refractivity contribution in [3.05, 3.63) is 47.5 Å². The highest BCUT2D eigenvalue weighted by Gasteiger charge is 2.24. The van der Waals surface area contributed by atoms with Crippen LogP contribution < -0.4 is 0 Å². The summed E-state index contributed by atoms with van der Waals surface area (Å²) in [6, 6.07) is 16.2. The topological polar surface area (TPSA) is 28.7 Å². The zero-order valence-electron chi connectivity index (χ0n) is 45.4. The lowest BCUT2D eigenvalue weighted by Crippen LogP contribution is -2.21. The highest BCUT2D eigenvalue weighted by atomic mass is 15.0. The smallest absolute Gasteiger partial charge is 0.0680 e. The second-order valence-electron chi connectivity index (χ2n) is 21.2. The Hall–Kier alpha value is -2.27. The standard InChI is InChI=1S/C24H33N.2C7H16.C6H14.C5H9N/c1-22(2,3)16-10-12-20-18(14-16)19-15-17(23(4,5)6)11-13-21(19)25(20)24(7,8)9;1-6(2)7(3,4)5;1-5-6-7(2,3)4;1-5-6(2,3)4;1-5(2,3)4-6/h10-15H,1-9H3;6H,1-5H3;5-6H2,1-4H3;5H2,1-4H3;1-3H3/i;6D;5D2,6D2;5D2;. The van der Waals surface area contributed by atoms with E-state index in [-0.39, 0.29) is 38.5 Å². The van der Waals surface area contributed by atoms with Crippen LogP contribution >= 0.6 is 0 Å². The summed E-state index contributed by atoms with van der Waals surface area (Å²) < 4.78 is 54.2. The number of rotatable bonds is 1. The summed E-state index contributed by atoms with van der Waals surface area (Å²) in [6.45, 7) is 50.1. The average molecular weight is 712 g/mol. The summed E-state index contributed by atoms with van der Waals surface area (Å²) in [5, 5.41) is 10.9. The summed E-state index contributed by atoms with van der Waals surface area (Å²) in [4.78, 5) is 0. The molecule has 0 radical (unpaired) electrons. The molecule has 0 bridgehead atoms. The normalized spacial score (nSPS) is 15.9. The van der Waals surface area contributed by atoms with E-state index in [1.807, 2.05) is 55.4 Å². The molecule has 0 N–H and O–H groups in total. The molecule has 1 aromatic heterocycles. The Labute approximate surface area is 330 Å². The highest BCUT2D eigenvalue weighted by Crippen LogP contribution is 2.38. The Morgan fingerprint density at radius 1 is 0.627 bits per heavy atom. The van der Waals surface area contributed by atoms with Crippen LogP contribution in [0, 0.1) is 38.9 Å². The first-order valence-electron chi connectivity index (χ1n) is 22.4. The van der Waals surface area contributed by atoms with Crippen LogP contribution in [0.1, 0.15) is 213 Å². The van der Waals surface area contributed by atoms with Crippen LogP contribution in [0.3, 0.4) is 0 Å². The second-order valence-corrected chi connectivity index (χ2v) is 21.2. The van der Waals surface area contributed by atoms with Crippen LogP contribution in [0.5, 0.6) is 0 Å². The van der Waals surface area contributed by atoms with Gasteiger partial charge in [0.25, 0.3) is 0 Å². The van der Waals surface area contributed by atoms with Gasteiger partial charge in [0.15, 0.2) is 0 Å². The van der Waals surface area contributed by atoms with Crippen molar-refractivity contribution in [3.63, 3.8) is 0 Å². The van der Waals surface area contributed by atoms with Gasteiger partial charge in [-0.15, -0.1) is 0 Å². The van der Waals surface area contributed by atoms with Crippen molar-refractivity contribution < 1.29 is 9.60 Å². The Kier molecular flexibility index (Phi) is 14.5. The molecule has 0 spiro atoms. The summed E-state index contributed by atoms with van der Waals surface area (Å²) in [5.74, 6) is -0.312. The van der Waals surface area contributed by atoms with Gasteiger partial charge >= 0.3 is 0 Å². The van der Waals surface area contributed by atoms with Crippen LogP contribution in [0.4, 0.5) is 0 Å². The Morgan fingerprint density at radius 3 is 1.06 bits per heavy atom. The van der Waals surface area contributed by atoms with Crippen LogP contribution in [0.15, 0.2) is 36.4 Å². The molecule has 0 aliphatic heterocycles. The zero-order valence-corrected chi connectivity index (χ0v) is 38.4. The van der Waals surface area contributed by atoms with E-state index in [4.69, 9.17) is 14.9 Å². The quantitative estimate of drug-likeness (QED) is 0.247. The Balaban J connectivity index is 0. The molecule has 0 amide bonds. The number of hydrogen-bond acceptors (Lipinski definition) is 1. The Bertz CT molecular complexity index is 1640. The number of nitriles is 1. The monoisotopic (exact) mass is 712 g/mol. The number of benzene rings is 2. The first-order chi connectivity index (χ1) is 24.9. The molecule has 0 unspecified atom stereocenters. The molecule has 294 valence electrons. The third-order valence-electron chi connectivity index (χ3n) is 8.25. The average Bonchev–Trinajstić information content (AvgIpc) is 3.28. The van der Waals surface area contributed by atoms with Gasteiger partial charge in [0.1, 0.15) is 0 Å². The lowest BCUT2D eigenvalue weighted by molar-refractivity contribution is 0.283. The summed E-state index contributed by atoms with van der Waals surface area (Å²) in [5.41, 5.74) is 4.89. The van der Waals surface area contributed by atoms with Gasteiger partial charge in [0.05, 0.1) is 6.07 Å². The predicted octanol–water partition coefficient (Wildman–Crippen LogP) is 16.7. The van der Waals surface area contributed by atoms with Crippen LogP contribution in [-0.4, -0.2) is 4.57 Å². The third kappa shape index (κ3) is 20.5. The molecule has 3 rings (SSSR count). The van der Waals surface area contributed by atoms with E-state index in [1.165, 1.54) is 39.9 Å². The van der Waals surface area contributed by atoms with Gasteiger partial charge < -0.3 is 4.57 Å². The molecular formula is C49H88N2. The van der Waals surface area contributed by atoms with Crippen molar-refractivity contribution in [1.82, 2.24) is 4.57 Å². The van der Waals surface area contributed by atoms with E-state index < -0.39 is 24.5 Å². The molecule has 3 aromatic rings. The van der Waals surface area contributed by atoms with Crippen LogP contribution in [0.25, 0.3) is 21.8 Å². The van der Waals surface area contributed by atoms with E-state index in [9.17, 15) is 0 Å². The minimum Gasteiger partial charge on any atom is -0.335 e. The first-order valence-corrected chi connectivity index (χ1v) is 18.9. The van der Waals surface area contributed by atoms with Crippen molar-refractivity contribution in [2.45, 2.75) is 209 Å². The fourth-order valence-electron chi connectivity index (χ4n) is 4.05. The van der Waals surface area contributed by atoms with Gasteiger partial charge in [0.2, 0.25) is 0 Å².